The van der Waals surface area contributed by atoms with Crippen LogP contribution in [0.3, 0.4) is 0 Å². The number of nitriles is 1. The van der Waals surface area contributed by atoms with Gasteiger partial charge < -0.3 is 16.0 Å². The van der Waals surface area contributed by atoms with Gasteiger partial charge in [0, 0.05) is 11.9 Å². The van der Waals surface area contributed by atoms with E-state index in [0.717, 1.165) is 6.07 Å². The lowest BCUT2D eigenvalue weighted by Gasteiger charge is -2.09. The molecule has 0 radical (unpaired) electrons. The van der Waals surface area contributed by atoms with Gasteiger partial charge in [0.15, 0.2) is 0 Å². The number of nitrogens with two attached hydrogens (primary N) is 2. The van der Waals surface area contributed by atoms with Crippen molar-refractivity contribution in [2.75, 3.05) is 5.73 Å². The van der Waals surface area contributed by atoms with E-state index < -0.39 is 11.7 Å². The lowest BCUT2D eigenvalue weighted by atomic mass is 10.1. The highest BCUT2D eigenvalue weighted by molar-refractivity contribution is 5.98. The van der Waals surface area contributed by atoms with Crippen LogP contribution in [-0.4, -0.2) is 10.5 Å². The Morgan fingerprint density at radius 2 is 2.17 bits per heavy atom. The minimum atomic E-state index is -0.751. The van der Waals surface area contributed by atoms with Gasteiger partial charge in [-0.25, -0.2) is 4.39 Å². The molecule has 18 heavy (non-hydrogen) atoms. The maximum atomic E-state index is 13.8. The molecule has 1 amide bonds. The zero-order chi connectivity index (χ0) is 13.3. The average molecular weight is 244 g/mol. The van der Waals surface area contributed by atoms with Gasteiger partial charge >= 0.3 is 0 Å². The lowest BCUT2D eigenvalue weighted by Crippen LogP contribution is -2.15. The Labute approximate surface area is 102 Å². The number of halogens is 1. The second-order valence-electron chi connectivity index (χ2n) is 3.63. The molecule has 0 saturated carbocycles. The second kappa shape index (κ2) is 4.22. The number of hydrogen-bond donors (Lipinski definition) is 2. The standard InChI is InChI=1S/C12H9FN4O/c13-9-5-10(15)8(12(16)18)4-11(9)17-3-1-2-7(17)6-14/h1-5H,15H2,(H2,16,18). The van der Waals surface area contributed by atoms with Crippen LogP contribution in [0.4, 0.5) is 10.1 Å². The molecule has 0 aliphatic carbocycles. The molecule has 0 aliphatic heterocycles. The third kappa shape index (κ3) is 1.78. The van der Waals surface area contributed by atoms with Gasteiger partial charge in [0.1, 0.15) is 17.6 Å². The minimum Gasteiger partial charge on any atom is -0.398 e. The summed E-state index contributed by atoms with van der Waals surface area (Å²) in [5.74, 6) is -1.38. The summed E-state index contributed by atoms with van der Waals surface area (Å²) < 4.78 is 15.1. The van der Waals surface area contributed by atoms with Crippen LogP contribution in [0.1, 0.15) is 16.1 Å². The van der Waals surface area contributed by atoms with Crippen molar-refractivity contribution in [1.29, 1.82) is 5.26 Å². The van der Waals surface area contributed by atoms with Gasteiger partial charge in [-0.1, -0.05) is 0 Å². The number of primary amides is 1. The molecule has 0 fully saturated rings. The van der Waals surface area contributed by atoms with E-state index in [1.54, 1.807) is 6.07 Å². The van der Waals surface area contributed by atoms with Crippen molar-refractivity contribution in [3.05, 3.63) is 47.5 Å². The molecule has 1 aromatic carbocycles. The van der Waals surface area contributed by atoms with Crippen molar-refractivity contribution in [2.45, 2.75) is 0 Å². The van der Waals surface area contributed by atoms with Crippen molar-refractivity contribution >= 4 is 11.6 Å². The van der Waals surface area contributed by atoms with Gasteiger partial charge in [0.2, 0.25) is 0 Å². The van der Waals surface area contributed by atoms with Gasteiger partial charge in [-0.2, -0.15) is 5.26 Å². The molecule has 1 heterocycles. The summed E-state index contributed by atoms with van der Waals surface area (Å²) in [7, 11) is 0. The number of benzene rings is 1. The van der Waals surface area contributed by atoms with Crippen LogP contribution < -0.4 is 11.5 Å². The first-order chi connectivity index (χ1) is 8.54. The fourth-order valence-corrected chi connectivity index (χ4v) is 1.66. The molecule has 4 N–H and O–H groups in total. The van der Waals surface area contributed by atoms with Crippen LogP contribution in [0, 0.1) is 17.1 Å². The third-order valence-corrected chi connectivity index (χ3v) is 2.51. The van der Waals surface area contributed by atoms with E-state index in [-0.39, 0.29) is 22.6 Å². The lowest BCUT2D eigenvalue weighted by molar-refractivity contribution is 0.100. The summed E-state index contributed by atoms with van der Waals surface area (Å²) in [5.41, 5.74) is 10.9. The summed E-state index contributed by atoms with van der Waals surface area (Å²) in [4.78, 5) is 11.2. The predicted octanol–water partition coefficient (Wildman–Crippen LogP) is 1.17. The zero-order valence-corrected chi connectivity index (χ0v) is 9.22. The Morgan fingerprint density at radius 1 is 1.44 bits per heavy atom. The summed E-state index contributed by atoms with van der Waals surface area (Å²) in [6.07, 6.45) is 1.51. The molecule has 0 bridgehead atoms. The van der Waals surface area contributed by atoms with Crippen LogP contribution in [0.2, 0.25) is 0 Å². The van der Waals surface area contributed by atoms with Gasteiger partial charge in [0.25, 0.3) is 5.91 Å². The maximum absolute atomic E-state index is 13.8. The highest BCUT2D eigenvalue weighted by atomic mass is 19.1. The predicted molar refractivity (Wildman–Crippen MR) is 63.4 cm³/mol. The number of carbonyl (C=O) groups excluding carboxylic acids is 1. The number of anilines is 1. The topological polar surface area (TPSA) is 97.8 Å². The smallest absolute Gasteiger partial charge is 0.250 e. The number of carbonyl (C=O) groups is 1. The van der Waals surface area contributed by atoms with Crippen LogP contribution >= 0.6 is 0 Å². The Balaban J connectivity index is 2.69. The van der Waals surface area contributed by atoms with Gasteiger partial charge in [-0.15, -0.1) is 0 Å². The Morgan fingerprint density at radius 3 is 2.78 bits per heavy atom. The van der Waals surface area contributed by atoms with Crippen LogP contribution in [0.15, 0.2) is 30.5 Å². The Kier molecular flexibility index (Phi) is 2.73. The SMILES string of the molecule is N#Cc1cccn1-c1cc(C(N)=O)c(N)cc1F. The molecule has 1 aromatic heterocycles. The van der Waals surface area contributed by atoms with Crippen molar-refractivity contribution in [3.63, 3.8) is 0 Å². The summed E-state index contributed by atoms with van der Waals surface area (Å²) >= 11 is 0. The first kappa shape index (κ1) is 11.7. The van der Waals surface area contributed by atoms with Crippen LogP contribution in [0.25, 0.3) is 5.69 Å². The number of amides is 1. The molecule has 6 heteroatoms. The highest BCUT2D eigenvalue weighted by Crippen LogP contribution is 2.22. The van der Waals surface area contributed by atoms with Crippen molar-refractivity contribution in [3.8, 4) is 11.8 Å². The van der Waals surface area contributed by atoms with E-state index in [1.165, 1.54) is 22.9 Å². The van der Waals surface area contributed by atoms with E-state index in [0.29, 0.717) is 0 Å². The van der Waals surface area contributed by atoms with Crippen molar-refractivity contribution in [1.82, 2.24) is 4.57 Å². The number of aromatic nitrogens is 1. The fraction of sp³-hybridized carbons (Fsp3) is 0. The van der Waals surface area contributed by atoms with Gasteiger partial charge in [0.05, 0.1) is 11.3 Å². The van der Waals surface area contributed by atoms with Crippen molar-refractivity contribution in [2.24, 2.45) is 5.73 Å². The monoisotopic (exact) mass is 244 g/mol. The minimum absolute atomic E-state index is 0.0176. The molecule has 2 rings (SSSR count). The van der Waals surface area contributed by atoms with Gasteiger partial charge in [-0.05, 0) is 24.3 Å². The first-order valence-electron chi connectivity index (χ1n) is 5.01. The number of hydrogen-bond acceptors (Lipinski definition) is 3. The molecular formula is C12H9FN4O. The molecule has 0 atom stereocenters. The number of nitrogens with zero attached hydrogens (tertiary/aromatic N) is 2. The molecule has 5 nitrogen and oxygen atoms in total. The second-order valence-corrected chi connectivity index (χ2v) is 3.63. The molecule has 0 unspecified atom stereocenters. The normalized spacial score (nSPS) is 10.0. The summed E-state index contributed by atoms with van der Waals surface area (Å²) in [5, 5.41) is 8.88. The molecule has 90 valence electrons. The molecule has 0 saturated heterocycles. The summed E-state index contributed by atoms with van der Waals surface area (Å²) in [6.45, 7) is 0. The third-order valence-electron chi connectivity index (χ3n) is 2.51. The molecule has 2 aromatic rings. The van der Waals surface area contributed by atoms with Crippen LogP contribution in [0.5, 0.6) is 0 Å². The Bertz CT molecular complexity index is 669. The van der Waals surface area contributed by atoms with E-state index in [9.17, 15) is 9.18 Å². The zero-order valence-electron chi connectivity index (χ0n) is 9.22. The highest BCUT2D eigenvalue weighted by Gasteiger charge is 2.14. The molecular weight excluding hydrogens is 235 g/mol. The largest absolute Gasteiger partial charge is 0.398 e. The van der Waals surface area contributed by atoms with E-state index in [2.05, 4.69) is 0 Å². The molecule has 0 spiro atoms. The van der Waals surface area contributed by atoms with Gasteiger partial charge in [-0.3, -0.25) is 4.79 Å². The number of rotatable bonds is 2. The summed E-state index contributed by atoms with van der Waals surface area (Å²) in [6, 6.07) is 7.28. The van der Waals surface area contributed by atoms with Crippen LogP contribution in [-0.2, 0) is 0 Å². The van der Waals surface area contributed by atoms with E-state index in [1.807, 2.05) is 6.07 Å². The van der Waals surface area contributed by atoms with E-state index in [4.69, 9.17) is 16.7 Å². The quantitative estimate of drug-likeness (QED) is 0.776. The average Bonchev–Trinajstić information content (AvgIpc) is 2.76. The first-order valence-corrected chi connectivity index (χ1v) is 5.01. The number of nitrogen functional groups attached to an aromatic ring is 1. The Hall–Kier alpha value is -2.81. The fourth-order valence-electron chi connectivity index (χ4n) is 1.66. The van der Waals surface area contributed by atoms with Crippen molar-refractivity contribution < 1.29 is 9.18 Å². The van der Waals surface area contributed by atoms with E-state index >= 15 is 0 Å². The maximum Gasteiger partial charge on any atom is 0.250 e. The molecule has 0 aliphatic rings.